The monoisotopic (exact) mass is 403 g/mol. The van der Waals surface area contributed by atoms with Gasteiger partial charge in [0.05, 0.1) is 11.6 Å². The predicted molar refractivity (Wildman–Crippen MR) is 106 cm³/mol. The summed E-state index contributed by atoms with van der Waals surface area (Å²) in [5.41, 5.74) is -0.431. The molecule has 3 heterocycles. The van der Waals surface area contributed by atoms with Crippen LogP contribution in [-0.4, -0.2) is 42.0 Å². The number of piperazine rings is 1. The number of rotatable bonds is 2. The zero-order chi connectivity index (χ0) is 20.9. The summed E-state index contributed by atoms with van der Waals surface area (Å²) < 4.78 is 27.6. The highest BCUT2D eigenvalue weighted by atomic mass is 19.1. The van der Waals surface area contributed by atoms with Crippen molar-refractivity contribution in [3.63, 3.8) is 0 Å². The lowest BCUT2D eigenvalue weighted by Crippen LogP contribution is -2.44. The maximum Gasteiger partial charge on any atom is 0.511 e. The second-order valence-corrected chi connectivity index (χ2v) is 8.11. The number of aromatic nitrogens is 1. The molecule has 4 rings (SSSR count). The first-order valence-electron chi connectivity index (χ1n) is 9.35. The van der Waals surface area contributed by atoms with Crippen LogP contribution in [0.15, 0.2) is 22.8 Å². The molecule has 0 amide bonds. The summed E-state index contributed by atoms with van der Waals surface area (Å²) >= 11 is 0. The molecule has 0 atom stereocenters. The smallest absolute Gasteiger partial charge is 0.455 e. The second kappa shape index (κ2) is 6.77. The average Bonchev–Trinajstić information content (AvgIpc) is 2.64. The van der Waals surface area contributed by atoms with Gasteiger partial charge in [0.2, 0.25) is 5.43 Å². The average molecular weight is 403 g/mol. The van der Waals surface area contributed by atoms with Gasteiger partial charge in [-0.2, -0.15) is 0 Å². The lowest BCUT2D eigenvalue weighted by atomic mass is 9.93. The number of nitrogens with one attached hydrogen (secondary N) is 1. The molecule has 0 aliphatic carbocycles. The largest absolute Gasteiger partial charge is 0.511 e. The van der Waals surface area contributed by atoms with Crippen molar-refractivity contribution in [2.24, 2.45) is 5.41 Å². The Balaban J connectivity index is 2.03. The maximum absolute atomic E-state index is 15.2. The topological polar surface area (TPSA) is 93.0 Å². The molecule has 0 radical (unpaired) electrons. The Kier molecular flexibility index (Phi) is 4.49. The molecule has 1 aromatic heterocycles. The Morgan fingerprint density at radius 1 is 1.31 bits per heavy atom. The van der Waals surface area contributed by atoms with Crippen molar-refractivity contribution in [3.8, 4) is 11.5 Å². The summed E-state index contributed by atoms with van der Waals surface area (Å²) in [5.74, 6) is -0.177. The Labute approximate surface area is 166 Å². The van der Waals surface area contributed by atoms with Gasteiger partial charge < -0.3 is 29.4 Å². The molecule has 0 spiro atoms. The number of allylic oxidation sites excluding steroid dienone is 1. The fourth-order valence-electron chi connectivity index (χ4n) is 3.58. The first-order chi connectivity index (χ1) is 13.7. The SMILES string of the molecule is CC(C)(C)C1=Cn2cc(OC(=O)O)c(=O)c3cc(F)c(N4CCNCC4)c(c32)O1. The van der Waals surface area contributed by atoms with Gasteiger partial charge in [-0.25, -0.2) is 9.18 Å². The van der Waals surface area contributed by atoms with E-state index in [0.29, 0.717) is 43.1 Å². The van der Waals surface area contributed by atoms with Crippen LogP contribution in [-0.2, 0) is 0 Å². The van der Waals surface area contributed by atoms with E-state index < -0.39 is 28.6 Å². The lowest BCUT2D eigenvalue weighted by molar-refractivity contribution is 0.144. The molecule has 29 heavy (non-hydrogen) atoms. The fraction of sp³-hybridized carbons (Fsp3) is 0.400. The summed E-state index contributed by atoms with van der Waals surface area (Å²) in [6, 6.07) is 1.13. The molecule has 1 fully saturated rings. The van der Waals surface area contributed by atoms with Crippen LogP contribution in [0.3, 0.4) is 0 Å². The highest BCUT2D eigenvalue weighted by Crippen LogP contribution is 2.44. The predicted octanol–water partition coefficient (Wildman–Crippen LogP) is 2.84. The van der Waals surface area contributed by atoms with Crippen molar-refractivity contribution < 1.29 is 23.8 Å². The first kappa shape index (κ1) is 19.3. The molecule has 0 unspecified atom stereocenters. The summed E-state index contributed by atoms with van der Waals surface area (Å²) in [6.07, 6.45) is 1.36. The van der Waals surface area contributed by atoms with Crippen molar-refractivity contribution in [1.82, 2.24) is 9.88 Å². The van der Waals surface area contributed by atoms with Crippen molar-refractivity contribution in [1.29, 1.82) is 0 Å². The van der Waals surface area contributed by atoms with Crippen LogP contribution in [0.2, 0.25) is 0 Å². The number of carbonyl (C=O) groups is 1. The number of carboxylic acid groups (broad SMARTS) is 1. The number of benzene rings is 1. The Hall–Kier alpha value is -3.07. The quantitative estimate of drug-likeness (QED) is 0.745. The minimum Gasteiger partial charge on any atom is -0.455 e. The van der Waals surface area contributed by atoms with E-state index in [4.69, 9.17) is 9.84 Å². The zero-order valence-electron chi connectivity index (χ0n) is 16.4. The van der Waals surface area contributed by atoms with Crippen LogP contribution in [0.1, 0.15) is 20.8 Å². The van der Waals surface area contributed by atoms with Crippen molar-refractivity contribution in [3.05, 3.63) is 34.1 Å². The van der Waals surface area contributed by atoms with Gasteiger partial charge in [-0.3, -0.25) is 4.79 Å². The zero-order valence-corrected chi connectivity index (χ0v) is 16.4. The number of halogens is 1. The lowest BCUT2D eigenvalue weighted by Gasteiger charge is -2.34. The molecular formula is C20H22FN3O5. The maximum atomic E-state index is 15.2. The van der Waals surface area contributed by atoms with Crippen LogP contribution >= 0.6 is 0 Å². The van der Waals surface area contributed by atoms with Gasteiger partial charge in [0, 0.05) is 37.8 Å². The van der Waals surface area contributed by atoms with Crippen molar-refractivity contribution >= 4 is 28.9 Å². The Bertz CT molecular complexity index is 1090. The van der Waals surface area contributed by atoms with Gasteiger partial charge in [0.1, 0.15) is 17.0 Å². The number of hydrogen-bond acceptors (Lipinski definition) is 6. The Morgan fingerprint density at radius 3 is 2.62 bits per heavy atom. The van der Waals surface area contributed by atoms with Crippen molar-refractivity contribution in [2.75, 3.05) is 31.1 Å². The number of pyridine rings is 1. The highest BCUT2D eigenvalue weighted by Gasteiger charge is 2.32. The van der Waals surface area contributed by atoms with Gasteiger partial charge in [0.15, 0.2) is 17.3 Å². The third kappa shape index (κ3) is 3.31. The molecule has 0 saturated carbocycles. The minimum atomic E-state index is -1.61. The third-order valence-electron chi connectivity index (χ3n) is 5.00. The molecule has 2 aromatic rings. The molecule has 2 aliphatic rings. The normalized spacial score (nSPS) is 16.4. The third-order valence-corrected chi connectivity index (χ3v) is 5.00. The van der Waals surface area contributed by atoms with E-state index in [1.165, 1.54) is 6.20 Å². The molecule has 154 valence electrons. The van der Waals surface area contributed by atoms with Gasteiger partial charge >= 0.3 is 6.16 Å². The first-order valence-corrected chi connectivity index (χ1v) is 9.35. The number of anilines is 1. The Morgan fingerprint density at radius 2 is 2.00 bits per heavy atom. The van der Waals surface area contributed by atoms with E-state index in [2.05, 4.69) is 10.1 Å². The van der Waals surface area contributed by atoms with E-state index in [0.717, 1.165) is 6.07 Å². The fourth-order valence-corrected chi connectivity index (χ4v) is 3.58. The minimum absolute atomic E-state index is 0.000608. The standard InChI is InChI=1S/C20H22FN3O5/c1-20(2,3)14-10-24-9-13(28-19(26)27)17(25)11-8-12(21)16(18(29-14)15(11)24)23-6-4-22-5-7-23/h8-10,22H,4-7H2,1-3H3,(H,26,27). The molecule has 1 aromatic carbocycles. The molecular weight excluding hydrogens is 381 g/mol. The van der Waals surface area contributed by atoms with E-state index in [9.17, 15) is 9.59 Å². The van der Waals surface area contributed by atoms with Crippen LogP contribution in [0, 0.1) is 11.2 Å². The second-order valence-electron chi connectivity index (χ2n) is 8.11. The summed E-state index contributed by atoms with van der Waals surface area (Å²) in [4.78, 5) is 25.6. The number of hydrogen-bond donors (Lipinski definition) is 2. The van der Waals surface area contributed by atoms with Crippen LogP contribution in [0.25, 0.3) is 17.1 Å². The molecule has 0 bridgehead atoms. The van der Waals surface area contributed by atoms with E-state index >= 15 is 4.39 Å². The van der Waals surface area contributed by atoms with E-state index in [1.54, 1.807) is 10.8 Å². The molecule has 8 nitrogen and oxygen atoms in total. The van der Waals surface area contributed by atoms with Crippen LogP contribution in [0.5, 0.6) is 11.5 Å². The molecule has 9 heteroatoms. The van der Waals surface area contributed by atoms with Crippen LogP contribution < -0.4 is 25.1 Å². The van der Waals surface area contributed by atoms with Gasteiger partial charge in [-0.1, -0.05) is 20.8 Å². The summed E-state index contributed by atoms with van der Waals surface area (Å²) in [6.45, 7) is 8.44. The summed E-state index contributed by atoms with van der Waals surface area (Å²) in [7, 11) is 0. The van der Waals surface area contributed by atoms with Gasteiger partial charge in [-0.05, 0) is 6.07 Å². The summed E-state index contributed by atoms with van der Waals surface area (Å²) in [5, 5.41) is 12.2. The molecule has 2 N–H and O–H groups in total. The van der Waals surface area contributed by atoms with E-state index in [-0.39, 0.29) is 11.1 Å². The van der Waals surface area contributed by atoms with E-state index in [1.807, 2.05) is 25.7 Å². The molecule has 1 saturated heterocycles. The number of nitrogens with zero attached hydrogens (tertiary/aromatic N) is 2. The van der Waals surface area contributed by atoms with Gasteiger partial charge in [-0.15, -0.1) is 0 Å². The molecule has 2 aliphatic heterocycles. The highest BCUT2D eigenvalue weighted by molar-refractivity contribution is 5.94. The van der Waals surface area contributed by atoms with Crippen LogP contribution in [0.4, 0.5) is 14.9 Å². The van der Waals surface area contributed by atoms with Gasteiger partial charge in [0.25, 0.3) is 0 Å². The van der Waals surface area contributed by atoms with Crippen molar-refractivity contribution in [2.45, 2.75) is 20.8 Å². The number of ether oxygens (including phenoxy) is 2.